The molecule has 190 valence electrons. The summed E-state index contributed by atoms with van der Waals surface area (Å²) in [6.45, 7) is 3.53. The van der Waals surface area contributed by atoms with Gasteiger partial charge in [0.2, 0.25) is 17.7 Å². The Balaban J connectivity index is 1.58. The van der Waals surface area contributed by atoms with Crippen LogP contribution in [0.4, 0.5) is 0 Å². The van der Waals surface area contributed by atoms with Gasteiger partial charge in [0.25, 0.3) is 5.91 Å². The molecular weight excluding hydrogens is 460 g/mol. The van der Waals surface area contributed by atoms with Gasteiger partial charge in [-0.05, 0) is 31.9 Å². The van der Waals surface area contributed by atoms with E-state index in [0.717, 1.165) is 11.3 Å². The molecule has 1 fully saturated rings. The zero-order chi connectivity index (χ0) is 25.9. The van der Waals surface area contributed by atoms with E-state index in [1.54, 1.807) is 50.2 Å². The molecule has 1 saturated heterocycles. The summed E-state index contributed by atoms with van der Waals surface area (Å²) in [5.74, 6) is -0.650. The van der Waals surface area contributed by atoms with Crippen LogP contribution in [-0.4, -0.2) is 76.7 Å². The molecule has 10 heteroatoms. The minimum atomic E-state index is -1.19. The van der Waals surface area contributed by atoms with Gasteiger partial charge in [-0.15, -0.1) is 0 Å². The lowest BCUT2D eigenvalue weighted by Crippen LogP contribution is -2.62. The number of carbonyl (C=O) groups is 3. The molecule has 4 rings (SSSR count). The Bertz CT molecular complexity index is 1150. The van der Waals surface area contributed by atoms with Crippen molar-refractivity contribution in [1.82, 2.24) is 20.2 Å². The third-order valence-electron chi connectivity index (χ3n) is 6.49. The first-order chi connectivity index (χ1) is 17.1. The maximum absolute atomic E-state index is 13.8. The summed E-state index contributed by atoms with van der Waals surface area (Å²) in [6, 6.07) is 13.9. The second-order valence-corrected chi connectivity index (χ2v) is 9.86. The smallest absolute Gasteiger partial charge is 0.256 e. The number of hydrogen-bond donors (Lipinski definition) is 2. The number of benzene rings is 1. The van der Waals surface area contributed by atoms with Crippen LogP contribution in [0.3, 0.4) is 0 Å². The van der Waals surface area contributed by atoms with Crippen LogP contribution in [0.2, 0.25) is 0 Å². The van der Waals surface area contributed by atoms with E-state index in [-0.39, 0.29) is 25.0 Å². The topological polar surface area (TPSA) is 130 Å². The molecule has 2 aromatic rings. The Morgan fingerprint density at radius 3 is 2.58 bits per heavy atom. The lowest BCUT2D eigenvalue weighted by atomic mass is 9.73. The summed E-state index contributed by atoms with van der Waals surface area (Å²) in [6.07, 6.45) is 2.46. The summed E-state index contributed by atoms with van der Waals surface area (Å²) < 4.78 is 5.73. The van der Waals surface area contributed by atoms with Gasteiger partial charge in [0.05, 0.1) is 11.3 Å². The van der Waals surface area contributed by atoms with Gasteiger partial charge in [0.15, 0.2) is 0 Å². The lowest BCUT2D eigenvalue weighted by molar-refractivity contribution is -0.143. The Labute approximate surface area is 210 Å². The van der Waals surface area contributed by atoms with Crippen LogP contribution in [0.1, 0.15) is 25.8 Å². The van der Waals surface area contributed by atoms with E-state index in [2.05, 4.69) is 15.4 Å². The molecular formula is C26H32N6O4. The van der Waals surface area contributed by atoms with E-state index in [1.807, 2.05) is 30.3 Å². The summed E-state index contributed by atoms with van der Waals surface area (Å²) in [5, 5.41) is 8.60. The molecule has 3 amide bonds. The van der Waals surface area contributed by atoms with Crippen molar-refractivity contribution < 1.29 is 19.1 Å². The molecule has 3 N–H and O–H groups in total. The number of aromatic nitrogens is 1. The molecule has 0 saturated carbocycles. The summed E-state index contributed by atoms with van der Waals surface area (Å²) in [4.78, 5) is 45.6. The molecule has 1 aromatic carbocycles. The Morgan fingerprint density at radius 2 is 1.92 bits per heavy atom. The van der Waals surface area contributed by atoms with Crippen molar-refractivity contribution >= 4 is 23.4 Å². The molecule has 1 aromatic heterocycles. The minimum Gasteiger partial charge on any atom is -0.475 e. The molecule has 2 aliphatic rings. The van der Waals surface area contributed by atoms with Crippen molar-refractivity contribution in [3.63, 3.8) is 0 Å². The van der Waals surface area contributed by atoms with Crippen LogP contribution in [0.5, 0.6) is 5.88 Å². The van der Waals surface area contributed by atoms with E-state index in [0.29, 0.717) is 25.3 Å². The second kappa shape index (κ2) is 10.1. The van der Waals surface area contributed by atoms with E-state index >= 15 is 0 Å². The van der Waals surface area contributed by atoms with Crippen molar-refractivity contribution in [2.45, 2.75) is 38.3 Å². The molecule has 2 atom stereocenters. The Morgan fingerprint density at radius 1 is 1.19 bits per heavy atom. The Hall–Kier alpha value is -3.79. The number of hydrogen-bond acceptors (Lipinski definition) is 7. The van der Waals surface area contributed by atoms with Gasteiger partial charge < -0.3 is 20.7 Å². The van der Waals surface area contributed by atoms with E-state index in [1.165, 1.54) is 5.01 Å². The number of piperidine rings is 1. The van der Waals surface area contributed by atoms with Crippen LogP contribution < -0.4 is 15.8 Å². The number of carbonyl (C=O) groups excluding carboxylic acids is 3. The highest BCUT2D eigenvalue weighted by Gasteiger charge is 2.54. The molecule has 36 heavy (non-hydrogen) atoms. The van der Waals surface area contributed by atoms with Crippen molar-refractivity contribution in [3.8, 4) is 5.88 Å². The van der Waals surface area contributed by atoms with Crippen LogP contribution in [0, 0.1) is 5.41 Å². The average molecular weight is 493 g/mol. The fraction of sp³-hybridized carbons (Fsp3) is 0.423. The van der Waals surface area contributed by atoms with E-state index in [9.17, 15) is 14.4 Å². The fourth-order valence-corrected chi connectivity index (χ4v) is 4.56. The van der Waals surface area contributed by atoms with Gasteiger partial charge in [-0.3, -0.25) is 14.4 Å². The monoisotopic (exact) mass is 492 g/mol. The molecule has 0 bridgehead atoms. The number of ether oxygens (including phenoxy) is 1. The predicted octanol–water partition coefficient (Wildman–Crippen LogP) is 0.972. The average Bonchev–Trinajstić information content (AvgIpc) is 3.10. The largest absolute Gasteiger partial charge is 0.475 e. The first kappa shape index (κ1) is 25.3. The first-order valence-electron chi connectivity index (χ1n) is 11.9. The number of rotatable bonds is 8. The number of nitrogens with two attached hydrogens (primary N) is 1. The highest BCUT2D eigenvalue weighted by atomic mass is 16.5. The SMILES string of the molecule is CN1N=C2CCN(C(=O)C(COc3ccccn3)NC(=O)C(C)(C)N)C[C@@]2(Cc2ccccc2)C1=O. The highest BCUT2D eigenvalue weighted by molar-refractivity contribution is 6.13. The summed E-state index contributed by atoms with van der Waals surface area (Å²) >= 11 is 0. The first-order valence-corrected chi connectivity index (χ1v) is 11.9. The van der Waals surface area contributed by atoms with E-state index in [4.69, 9.17) is 10.5 Å². The molecule has 0 spiro atoms. The quantitative estimate of drug-likeness (QED) is 0.565. The maximum atomic E-state index is 13.8. The maximum Gasteiger partial charge on any atom is 0.256 e. The van der Waals surface area contributed by atoms with E-state index < -0.39 is 22.9 Å². The summed E-state index contributed by atoms with van der Waals surface area (Å²) in [5.41, 5.74) is 5.58. The normalized spacial score (nSPS) is 20.4. The van der Waals surface area contributed by atoms with Crippen LogP contribution in [0.15, 0.2) is 59.8 Å². The third-order valence-corrected chi connectivity index (χ3v) is 6.49. The van der Waals surface area contributed by atoms with Crippen LogP contribution >= 0.6 is 0 Å². The van der Waals surface area contributed by atoms with Crippen molar-refractivity contribution in [2.75, 3.05) is 26.7 Å². The summed E-state index contributed by atoms with van der Waals surface area (Å²) in [7, 11) is 1.64. The molecule has 0 aliphatic carbocycles. The number of pyridine rings is 1. The number of amides is 3. The number of nitrogens with zero attached hydrogens (tertiary/aromatic N) is 4. The third kappa shape index (κ3) is 5.23. The zero-order valence-corrected chi connectivity index (χ0v) is 20.8. The van der Waals surface area contributed by atoms with Crippen LogP contribution in [0.25, 0.3) is 0 Å². The highest BCUT2D eigenvalue weighted by Crippen LogP contribution is 2.38. The Kier molecular flexibility index (Phi) is 7.07. The van der Waals surface area contributed by atoms with Gasteiger partial charge in [-0.25, -0.2) is 9.99 Å². The fourth-order valence-electron chi connectivity index (χ4n) is 4.56. The number of fused-ring (bicyclic) bond motifs is 1. The zero-order valence-electron chi connectivity index (χ0n) is 20.8. The molecule has 10 nitrogen and oxygen atoms in total. The lowest BCUT2D eigenvalue weighted by Gasteiger charge is -2.40. The number of likely N-dealkylation sites (tertiary alicyclic amines) is 1. The van der Waals surface area contributed by atoms with Crippen molar-refractivity contribution in [2.24, 2.45) is 16.3 Å². The minimum absolute atomic E-state index is 0.130. The van der Waals surface area contributed by atoms with Gasteiger partial charge in [0.1, 0.15) is 18.1 Å². The van der Waals surface area contributed by atoms with Gasteiger partial charge in [0, 0.05) is 38.8 Å². The molecule has 1 unspecified atom stereocenters. The van der Waals surface area contributed by atoms with Gasteiger partial charge in [-0.1, -0.05) is 36.4 Å². The molecule has 0 radical (unpaired) electrons. The van der Waals surface area contributed by atoms with Crippen molar-refractivity contribution in [3.05, 3.63) is 60.3 Å². The van der Waals surface area contributed by atoms with Crippen LogP contribution in [-0.2, 0) is 20.8 Å². The number of nitrogens with one attached hydrogen (secondary N) is 1. The number of hydrazone groups is 1. The van der Waals surface area contributed by atoms with Crippen molar-refractivity contribution in [1.29, 1.82) is 0 Å². The molecule has 2 aliphatic heterocycles. The van der Waals surface area contributed by atoms with Gasteiger partial charge >= 0.3 is 0 Å². The molecule has 3 heterocycles. The predicted molar refractivity (Wildman–Crippen MR) is 134 cm³/mol. The van der Waals surface area contributed by atoms with Gasteiger partial charge in [-0.2, -0.15) is 5.10 Å². The standard InChI is InChI=1S/C26H32N6O4/c1-25(2,27)23(34)29-19(16-36-21-11-7-8-13-28-21)22(33)32-14-12-20-26(17-32,24(35)31(3)30-20)15-18-9-5-4-6-10-18/h4-11,13,19H,12,14-17,27H2,1-3H3,(H,29,34)/t19?,26-/m1/s1. The second-order valence-electron chi connectivity index (χ2n) is 9.86.